The van der Waals surface area contributed by atoms with Gasteiger partial charge in [-0.05, 0) is 22.8 Å². The summed E-state index contributed by atoms with van der Waals surface area (Å²) in [6, 6.07) is 8.24. The number of hydrogen-bond acceptors (Lipinski definition) is 5. The zero-order valence-electron chi connectivity index (χ0n) is 11.3. The van der Waals surface area contributed by atoms with Gasteiger partial charge in [-0.1, -0.05) is 24.3 Å². The Bertz CT molecular complexity index is 582. The molecule has 0 radical (unpaired) electrons. The highest BCUT2D eigenvalue weighted by molar-refractivity contribution is 5.95. The van der Waals surface area contributed by atoms with Gasteiger partial charge in [-0.3, -0.25) is 4.79 Å². The van der Waals surface area contributed by atoms with E-state index < -0.39 is 0 Å². The molecule has 7 heteroatoms. The molecular weight excluding hydrogens is 258 g/mol. The summed E-state index contributed by atoms with van der Waals surface area (Å²) >= 11 is 0. The quantitative estimate of drug-likeness (QED) is 0.613. The van der Waals surface area contributed by atoms with Crippen LogP contribution in [0.2, 0.25) is 0 Å². The number of nitrogens with two attached hydrogens (primary N) is 2. The summed E-state index contributed by atoms with van der Waals surface area (Å²) < 4.78 is 4.37. The van der Waals surface area contributed by atoms with E-state index in [1.807, 2.05) is 12.1 Å². The molecule has 0 aliphatic rings. The number of aryl methyl sites for hydroxylation is 1. The Morgan fingerprint density at radius 1 is 1.40 bits per heavy atom. The van der Waals surface area contributed by atoms with E-state index in [1.165, 1.54) is 11.1 Å². The van der Waals surface area contributed by atoms with Crippen molar-refractivity contribution in [3.05, 3.63) is 41.1 Å². The van der Waals surface area contributed by atoms with Crippen LogP contribution in [0.5, 0.6) is 0 Å². The van der Waals surface area contributed by atoms with E-state index in [1.54, 1.807) is 0 Å². The smallest absolute Gasteiger partial charge is 0.277 e. The first-order chi connectivity index (χ1) is 9.68. The van der Waals surface area contributed by atoms with Crippen LogP contribution in [0, 0.1) is 6.92 Å². The summed E-state index contributed by atoms with van der Waals surface area (Å²) in [5.41, 5.74) is 8.03. The normalized spacial score (nSPS) is 10.4. The van der Waals surface area contributed by atoms with Gasteiger partial charge in [0, 0.05) is 5.56 Å². The van der Waals surface area contributed by atoms with Crippen LogP contribution in [-0.2, 0) is 6.54 Å². The lowest BCUT2D eigenvalue weighted by Crippen LogP contribution is -2.84. The molecule has 2 aromatic rings. The van der Waals surface area contributed by atoms with Gasteiger partial charge in [0.2, 0.25) is 11.5 Å². The number of nitrogen functional groups attached to an aromatic ring is 1. The summed E-state index contributed by atoms with van der Waals surface area (Å²) in [7, 11) is 0. The predicted molar refractivity (Wildman–Crippen MR) is 72.7 cm³/mol. The summed E-state index contributed by atoms with van der Waals surface area (Å²) in [4.78, 5) is 11.6. The number of aromatic nitrogens is 2. The van der Waals surface area contributed by atoms with Gasteiger partial charge in [0.15, 0.2) is 0 Å². The molecule has 7 nitrogen and oxygen atoms in total. The van der Waals surface area contributed by atoms with Crippen LogP contribution >= 0.6 is 0 Å². The van der Waals surface area contributed by atoms with E-state index in [9.17, 15) is 4.79 Å². The molecule has 0 spiro atoms. The number of anilines is 1. The molecule has 1 aromatic carbocycles. The van der Waals surface area contributed by atoms with Gasteiger partial charge in [-0.2, -0.15) is 0 Å². The lowest BCUT2D eigenvalue weighted by atomic mass is 10.1. The predicted octanol–water partition coefficient (Wildman–Crippen LogP) is -0.546. The average molecular weight is 276 g/mol. The van der Waals surface area contributed by atoms with Crippen molar-refractivity contribution >= 4 is 11.7 Å². The third-order valence-electron chi connectivity index (χ3n) is 2.99. The van der Waals surface area contributed by atoms with Gasteiger partial charge in [0.05, 0.1) is 13.1 Å². The number of nitrogens with zero attached hydrogens (tertiary/aromatic N) is 2. The standard InChI is InChI=1S/C13H17N5O2/c1-9-4-2-3-5-10(9)8-15-6-7-16-13(19)11-12(14)18-20-17-11/h2-5,15H,6-8H2,1H3,(H2,14,18)(H,16,19)/p+1. The van der Waals surface area contributed by atoms with Crippen LogP contribution in [-0.4, -0.2) is 29.3 Å². The molecule has 0 atom stereocenters. The Labute approximate surface area is 116 Å². The van der Waals surface area contributed by atoms with Crippen molar-refractivity contribution < 1.29 is 14.7 Å². The van der Waals surface area contributed by atoms with E-state index in [2.05, 4.69) is 44.6 Å². The van der Waals surface area contributed by atoms with E-state index in [4.69, 9.17) is 5.73 Å². The number of amides is 1. The topological polar surface area (TPSA) is 111 Å². The highest BCUT2D eigenvalue weighted by Crippen LogP contribution is 2.04. The maximum Gasteiger partial charge on any atom is 0.277 e. The van der Waals surface area contributed by atoms with Gasteiger partial charge in [0.25, 0.3) is 5.91 Å². The molecule has 0 fully saturated rings. The molecule has 1 amide bonds. The third kappa shape index (κ3) is 3.55. The molecule has 0 bridgehead atoms. The fraction of sp³-hybridized carbons (Fsp3) is 0.308. The number of nitrogens with one attached hydrogen (secondary N) is 1. The van der Waals surface area contributed by atoms with Crippen LogP contribution in [0.15, 0.2) is 28.9 Å². The molecule has 106 valence electrons. The number of hydrogen-bond donors (Lipinski definition) is 3. The van der Waals surface area contributed by atoms with Crippen molar-refractivity contribution in [3.8, 4) is 0 Å². The van der Waals surface area contributed by atoms with Gasteiger partial charge in [-0.25, -0.2) is 4.63 Å². The van der Waals surface area contributed by atoms with Crippen molar-refractivity contribution in [3.63, 3.8) is 0 Å². The summed E-state index contributed by atoms with van der Waals surface area (Å²) in [6.07, 6.45) is 0. The molecule has 2 rings (SSSR count). The third-order valence-corrected chi connectivity index (χ3v) is 2.99. The minimum atomic E-state index is -0.368. The maximum absolute atomic E-state index is 11.6. The van der Waals surface area contributed by atoms with E-state index in [0.717, 1.165) is 13.1 Å². The Kier molecular flexibility index (Phi) is 4.67. The zero-order chi connectivity index (χ0) is 14.4. The van der Waals surface area contributed by atoms with Crippen LogP contribution in [0.1, 0.15) is 21.6 Å². The second kappa shape index (κ2) is 6.67. The van der Waals surface area contributed by atoms with Crippen molar-refractivity contribution in [1.82, 2.24) is 15.6 Å². The fourth-order valence-corrected chi connectivity index (χ4v) is 1.82. The maximum atomic E-state index is 11.6. The molecule has 5 N–H and O–H groups in total. The largest absolute Gasteiger partial charge is 0.379 e. The monoisotopic (exact) mass is 276 g/mol. The average Bonchev–Trinajstić information content (AvgIpc) is 2.86. The van der Waals surface area contributed by atoms with Crippen molar-refractivity contribution in [1.29, 1.82) is 0 Å². The lowest BCUT2D eigenvalue weighted by Gasteiger charge is -2.05. The molecule has 1 heterocycles. The first kappa shape index (κ1) is 14.0. The highest BCUT2D eigenvalue weighted by atomic mass is 16.6. The summed E-state index contributed by atoms with van der Waals surface area (Å²) in [6.45, 7) is 4.27. The van der Waals surface area contributed by atoms with Crippen molar-refractivity contribution in [2.45, 2.75) is 13.5 Å². The number of benzene rings is 1. The Balaban J connectivity index is 1.69. The highest BCUT2D eigenvalue weighted by Gasteiger charge is 2.15. The van der Waals surface area contributed by atoms with Crippen molar-refractivity contribution in [2.24, 2.45) is 0 Å². The number of carbonyl (C=O) groups is 1. The number of carbonyl (C=O) groups excluding carboxylic acids is 1. The molecule has 0 aliphatic carbocycles. The molecule has 1 aromatic heterocycles. The first-order valence-electron chi connectivity index (χ1n) is 6.41. The number of rotatable bonds is 6. The van der Waals surface area contributed by atoms with Crippen LogP contribution < -0.4 is 16.4 Å². The molecule has 0 aliphatic heterocycles. The van der Waals surface area contributed by atoms with E-state index >= 15 is 0 Å². The minimum Gasteiger partial charge on any atom is -0.379 e. The molecule has 0 saturated carbocycles. The zero-order valence-corrected chi connectivity index (χ0v) is 11.3. The minimum absolute atomic E-state index is 0.00592. The Morgan fingerprint density at radius 3 is 2.90 bits per heavy atom. The molecule has 0 unspecified atom stereocenters. The molecule has 0 saturated heterocycles. The number of quaternary nitrogens is 1. The van der Waals surface area contributed by atoms with Gasteiger partial charge in [0.1, 0.15) is 6.54 Å². The summed E-state index contributed by atoms with van der Waals surface area (Å²) in [5, 5.41) is 11.6. The van der Waals surface area contributed by atoms with Crippen LogP contribution in [0.4, 0.5) is 5.82 Å². The molecule has 20 heavy (non-hydrogen) atoms. The second-order valence-electron chi connectivity index (χ2n) is 4.46. The van der Waals surface area contributed by atoms with Crippen molar-refractivity contribution in [2.75, 3.05) is 18.8 Å². The van der Waals surface area contributed by atoms with E-state index in [-0.39, 0.29) is 17.4 Å². The SMILES string of the molecule is Cc1ccccc1C[NH2+]CCNC(=O)c1nonc1N. The van der Waals surface area contributed by atoms with Gasteiger partial charge >= 0.3 is 0 Å². The van der Waals surface area contributed by atoms with Gasteiger partial charge in [-0.15, -0.1) is 0 Å². The van der Waals surface area contributed by atoms with Crippen LogP contribution in [0.25, 0.3) is 0 Å². The van der Waals surface area contributed by atoms with E-state index in [0.29, 0.717) is 6.54 Å². The Morgan fingerprint density at radius 2 is 2.20 bits per heavy atom. The fourth-order valence-electron chi connectivity index (χ4n) is 1.82. The van der Waals surface area contributed by atoms with Gasteiger partial charge < -0.3 is 16.4 Å². The molecular formula is C13H18N5O2+. The summed E-state index contributed by atoms with van der Waals surface area (Å²) in [5.74, 6) is -0.362. The first-order valence-corrected chi connectivity index (χ1v) is 6.41. The lowest BCUT2D eigenvalue weighted by molar-refractivity contribution is -0.668. The van der Waals surface area contributed by atoms with Crippen LogP contribution in [0.3, 0.4) is 0 Å². The Hall–Kier alpha value is -2.41. The second-order valence-corrected chi connectivity index (χ2v) is 4.46.